The number of nitrogens with zero attached hydrogens (tertiary/aromatic N) is 5. The first-order valence-corrected chi connectivity index (χ1v) is 12.7. The van der Waals surface area contributed by atoms with E-state index >= 15 is 0 Å². The number of benzene rings is 2. The van der Waals surface area contributed by atoms with Crippen LogP contribution in [0.5, 0.6) is 11.5 Å². The number of hydrogen-bond acceptors (Lipinski definition) is 8. The Kier molecular flexibility index (Phi) is 7.10. The molecule has 5 rings (SSSR count). The number of carbonyl (C=O) groups excluding carboxylic acids is 1. The predicted octanol–water partition coefficient (Wildman–Crippen LogP) is 2.93. The average Bonchev–Trinajstić information content (AvgIpc) is 3.31. The van der Waals surface area contributed by atoms with Crippen molar-refractivity contribution in [3.8, 4) is 17.2 Å². The van der Waals surface area contributed by atoms with Crippen LogP contribution in [0.2, 0.25) is 0 Å². The number of fused-ring (bicyclic) bond motifs is 1. The minimum absolute atomic E-state index is 0.0112. The van der Waals surface area contributed by atoms with Crippen molar-refractivity contribution < 1.29 is 19.0 Å². The molecule has 35 heavy (non-hydrogen) atoms. The van der Waals surface area contributed by atoms with E-state index in [1.54, 1.807) is 4.90 Å². The number of thioether (sulfide) groups is 1. The summed E-state index contributed by atoms with van der Waals surface area (Å²) >= 11 is 1.40. The van der Waals surface area contributed by atoms with E-state index in [1.165, 1.54) is 11.8 Å². The van der Waals surface area contributed by atoms with E-state index in [-0.39, 0.29) is 11.7 Å². The van der Waals surface area contributed by atoms with Gasteiger partial charge in [0, 0.05) is 26.7 Å². The van der Waals surface area contributed by atoms with Crippen molar-refractivity contribution in [2.24, 2.45) is 0 Å². The van der Waals surface area contributed by atoms with E-state index in [0.29, 0.717) is 38.1 Å². The Morgan fingerprint density at radius 3 is 2.60 bits per heavy atom. The molecule has 184 valence electrons. The second-order valence-corrected chi connectivity index (χ2v) is 9.46. The molecular weight excluding hydrogens is 466 g/mol. The molecule has 1 amide bonds. The molecule has 3 heterocycles. The lowest BCUT2D eigenvalue weighted by atomic mass is 10.2. The Hall–Kier alpha value is -3.24. The number of ether oxygens (including phenoxy) is 3. The van der Waals surface area contributed by atoms with Gasteiger partial charge in [0.25, 0.3) is 0 Å². The highest BCUT2D eigenvalue weighted by Gasteiger charge is 2.23. The second kappa shape index (κ2) is 10.6. The molecule has 0 spiro atoms. The van der Waals surface area contributed by atoms with Crippen molar-refractivity contribution >= 4 is 23.6 Å². The minimum Gasteiger partial charge on any atom is -0.486 e. The fraction of sp³-hybridized carbons (Fsp3) is 0.400. The zero-order chi connectivity index (χ0) is 24.2. The van der Waals surface area contributed by atoms with Crippen LogP contribution in [0.15, 0.2) is 47.6 Å². The summed E-state index contributed by atoms with van der Waals surface area (Å²) in [6, 6.07) is 14.0. The third kappa shape index (κ3) is 5.23. The van der Waals surface area contributed by atoms with Gasteiger partial charge in [0.1, 0.15) is 13.2 Å². The second-order valence-electron chi connectivity index (χ2n) is 8.52. The molecule has 0 radical (unpaired) electrons. The smallest absolute Gasteiger partial charge is 0.233 e. The molecule has 0 atom stereocenters. The summed E-state index contributed by atoms with van der Waals surface area (Å²) in [6.45, 7) is 6.48. The van der Waals surface area contributed by atoms with E-state index in [4.69, 9.17) is 14.2 Å². The summed E-state index contributed by atoms with van der Waals surface area (Å²) < 4.78 is 18.8. The Morgan fingerprint density at radius 1 is 1.03 bits per heavy atom. The Balaban J connectivity index is 1.30. The maximum absolute atomic E-state index is 13.0. The number of para-hydroxylation sites is 1. The van der Waals surface area contributed by atoms with Gasteiger partial charge in [0.05, 0.1) is 24.7 Å². The third-order valence-electron chi connectivity index (χ3n) is 6.04. The maximum Gasteiger partial charge on any atom is 0.233 e. The molecule has 0 bridgehead atoms. The lowest BCUT2D eigenvalue weighted by molar-refractivity contribution is -0.127. The Morgan fingerprint density at radius 2 is 1.80 bits per heavy atom. The number of aryl methyl sites for hydroxylation is 1. The number of anilines is 1. The van der Waals surface area contributed by atoms with E-state index in [1.807, 2.05) is 37.4 Å². The number of aromatic nitrogens is 3. The van der Waals surface area contributed by atoms with Gasteiger partial charge in [0.15, 0.2) is 16.7 Å². The minimum atomic E-state index is 0.0112. The summed E-state index contributed by atoms with van der Waals surface area (Å²) in [4.78, 5) is 16.9. The molecule has 2 aliphatic heterocycles. The highest BCUT2D eigenvalue weighted by Crippen LogP contribution is 2.32. The van der Waals surface area contributed by atoms with E-state index in [0.717, 1.165) is 47.4 Å². The predicted molar refractivity (Wildman–Crippen MR) is 134 cm³/mol. The summed E-state index contributed by atoms with van der Waals surface area (Å²) in [7, 11) is 1.81. The van der Waals surface area contributed by atoms with Gasteiger partial charge in [0.2, 0.25) is 11.9 Å². The van der Waals surface area contributed by atoms with Crippen LogP contribution >= 0.6 is 11.8 Å². The van der Waals surface area contributed by atoms with E-state index in [9.17, 15) is 4.79 Å². The number of carbonyl (C=O) groups is 1. The van der Waals surface area contributed by atoms with Gasteiger partial charge in [-0.3, -0.25) is 9.36 Å². The maximum atomic E-state index is 13.0. The van der Waals surface area contributed by atoms with Crippen LogP contribution in [0.3, 0.4) is 0 Å². The van der Waals surface area contributed by atoms with Crippen LogP contribution in [-0.4, -0.2) is 77.9 Å². The lowest BCUT2D eigenvalue weighted by Gasteiger charge is -2.28. The first kappa shape index (κ1) is 23.5. The molecule has 1 aromatic heterocycles. The van der Waals surface area contributed by atoms with Crippen LogP contribution < -0.4 is 14.4 Å². The molecule has 1 saturated heterocycles. The Labute approximate surface area is 209 Å². The highest BCUT2D eigenvalue weighted by molar-refractivity contribution is 7.99. The highest BCUT2D eigenvalue weighted by atomic mass is 32.2. The SMILES string of the molecule is Cc1ccccc1-n1c(SCC(=O)N(C)Cc2ccc3c(c2)OCCO3)nnc1N1CCOCC1. The molecule has 10 heteroatoms. The van der Waals surface area contributed by atoms with Gasteiger partial charge in [-0.1, -0.05) is 36.0 Å². The number of amides is 1. The summed E-state index contributed by atoms with van der Waals surface area (Å²) in [5.74, 6) is 2.52. The van der Waals surface area contributed by atoms with Gasteiger partial charge in [-0.05, 0) is 36.2 Å². The molecule has 2 aromatic carbocycles. The lowest BCUT2D eigenvalue weighted by Crippen LogP contribution is -2.38. The first-order chi connectivity index (χ1) is 17.1. The van der Waals surface area contributed by atoms with Crippen LogP contribution in [-0.2, 0) is 16.1 Å². The summed E-state index contributed by atoms with van der Waals surface area (Å²) in [6.07, 6.45) is 0. The van der Waals surface area contributed by atoms with Crippen molar-refractivity contribution in [2.75, 3.05) is 57.2 Å². The average molecular weight is 496 g/mol. The van der Waals surface area contributed by atoms with E-state index in [2.05, 4.69) is 38.7 Å². The van der Waals surface area contributed by atoms with Crippen molar-refractivity contribution in [3.63, 3.8) is 0 Å². The van der Waals surface area contributed by atoms with Crippen molar-refractivity contribution in [2.45, 2.75) is 18.6 Å². The summed E-state index contributed by atoms with van der Waals surface area (Å²) in [5.41, 5.74) is 3.12. The standard InChI is InChI=1S/C25H29N5O4S/c1-18-5-3-4-6-20(18)30-24(29-9-11-32-12-10-29)26-27-25(30)35-17-23(31)28(2)16-19-7-8-21-22(15-19)34-14-13-33-21/h3-8,15H,9-14,16-17H2,1-2H3. The molecule has 3 aromatic rings. The van der Waals surface area contributed by atoms with Gasteiger partial charge >= 0.3 is 0 Å². The van der Waals surface area contributed by atoms with Crippen molar-refractivity contribution in [3.05, 3.63) is 53.6 Å². The normalized spacial score (nSPS) is 15.2. The fourth-order valence-corrected chi connectivity index (χ4v) is 5.01. The van der Waals surface area contributed by atoms with Gasteiger partial charge in [-0.15, -0.1) is 10.2 Å². The van der Waals surface area contributed by atoms with Crippen LogP contribution in [0.1, 0.15) is 11.1 Å². The largest absolute Gasteiger partial charge is 0.486 e. The molecular formula is C25H29N5O4S. The molecule has 2 aliphatic rings. The Bertz CT molecular complexity index is 1190. The number of morpholine rings is 1. The number of hydrogen-bond donors (Lipinski definition) is 0. The third-order valence-corrected chi connectivity index (χ3v) is 6.96. The quantitative estimate of drug-likeness (QED) is 0.463. The molecule has 9 nitrogen and oxygen atoms in total. The van der Waals surface area contributed by atoms with Gasteiger partial charge < -0.3 is 24.0 Å². The van der Waals surface area contributed by atoms with Gasteiger partial charge in [-0.2, -0.15) is 0 Å². The topological polar surface area (TPSA) is 82.0 Å². The fourth-order valence-electron chi connectivity index (χ4n) is 4.13. The molecule has 0 N–H and O–H groups in total. The van der Waals surface area contributed by atoms with Crippen LogP contribution in [0.25, 0.3) is 5.69 Å². The zero-order valence-corrected chi connectivity index (χ0v) is 20.8. The van der Waals surface area contributed by atoms with Crippen LogP contribution in [0.4, 0.5) is 5.95 Å². The first-order valence-electron chi connectivity index (χ1n) is 11.7. The molecule has 0 unspecified atom stereocenters. The van der Waals surface area contributed by atoms with Gasteiger partial charge in [-0.25, -0.2) is 0 Å². The zero-order valence-electron chi connectivity index (χ0n) is 20.0. The van der Waals surface area contributed by atoms with Crippen LogP contribution in [0, 0.1) is 6.92 Å². The van der Waals surface area contributed by atoms with Crippen molar-refractivity contribution in [1.82, 2.24) is 19.7 Å². The number of rotatable bonds is 7. The molecule has 1 fully saturated rings. The van der Waals surface area contributed by atoms with Crippen molar-refractivity contribution in [1.29, 1.82) is 0 Å². The monoisotopic (exact) mass is 495 g/mol. The molecule has 0 aliphatic carbocycles. The summed E-state index contributed by atoms with van der Waals surface area (Å²) in [5, 5.41) is 9.66. The molecule has 0 saturated carbocycles. The van der Waals surface area contributed by atoms with E-state index < -0.39 is 0 Å².